The van der Waals surface area contributed by atoms with E-state index in [2.05, 4.69) is 0 Å². The molecule has 0 aliphatic carbocycles. The molecular formula is C16H14B2F2O4. The molecule has 0 bridgehead atoms. The Balaban J connectivity index is 1.28. The van der Waals surface area contributed by atoms with Gasteiger partial charge in [-0.25, -0.2) is 8.78 Å². The largest absolute Gasteiger partial charge is 0.494 e. The summed E-state index contributed by atoms with van der Waals surface area (Å²) in [4.78, 5) is 0. The molecule has 4 rings (SSSR count). The van der Waals surface area contributed by atoms with Crippen molar-refractivity contribution in [3.8, 4) is 0 Å². The molecule has 0 unspecified atom stereocenters. The molecule has 0 fully saturated rings. The highest BCUT2D eigenvalue weighted by Gasteiger charge is 2.33. The van der Waals surface area contributed by atoms with Crippen LogP contribution in [0, 0.1) is 11.6 Å². The normalized spacial score (nSPS) is 15.8. The lowest BCUT2D eigenvalue weighted by Crippen LogP contribution is -2.36. The predicted octanol–water partition coefficient (Wildman–Crippen LogP) is 1.15. The minimum Gasteiger partial charge on any atom is -0.405 e. The second-order valence-electron chi connectivity index (χ2n) is 5.71. The molecule has 0 atom stereocenters. The fourth-order valence-electron chi connectivity index (χ4n) is 2.96. The molecule has 0 radical (unpaired) electrons. The first-order valence-corrected chi connectivity index (χ1v) is 7.74. The third kappa shape index (κ3) is 3.10. The molecule has 0 aromatic heterocycles. The summed E-state index contributed by atoms with van der Waals surface area (Å²) in [6.07, 6.45) is 0. The Labute approximate surface area is 139 Å². The summed E-state index contributed by atoms with van der Waals surface area (Å²) in [5.74, 6) is -0.565. The monoisotopic (exact) mass is 330 g/mol. The predicted molar refractivity (Wildman–Crippen MR) is 85.1 cm³/mol. The van der Waals surface area contributed by atoms with E-state index >= 15 is 0 Å². The maximum Gasteiger partial charge on any atom is 0.494 e. The Hall–Kier alpha value is -1.73. The van der Waals surface area contributed by atoms with Crippen molar-refractivity contribution in [3.63, 3.8) is 0 Å². The molecule has 2 aliphatic heterocycles. The van der Waals surface area contributed by atoms with E-state index in [1.54, 1.807) is 12.1 Å². The fourth-order valence-corrected chi connectivity index (χ4v) is 2.96. The van der Waals surface area contributed by atoms with Crippen molar-refractivity contribution in [2.75, 3.05) is 13.2 Å². The highest BCUT2D eigenvalue weighted by atomic mass is 19.1. The summed E-state index contributed by atoms with van der Waals surface area (Å²) in [7, 11) is -1.01. The molecule has 4 nitrogen and oxygen atoms in total. The molecule has 2 aliphatic rings. The van der Waals surface area contributed by atoms with Crippen molar-refractivity contribution in [2.45, 2.75) is 13.2 Å². The van der Waals surface area contributed by atoms with E-state index < -0.39 is 14.2 Å². The fraction of sp³-hybridized carbons (Fsp3) is 0.250. The second-order valence-corrected chi connectivity index (χ2v) is 5.71. The molecule has 2 heterocycles. The minimum atomic E-state index is -0.505. The average molecular weight is 330 g/mol. The van der Waals surface area contributed by atoms with Crippen LogP contribution < -0.4 is 10.9 Å². The van der Waals surface area contributed by atoms with Gasteiger partial charge in [-0.3, -0.25) is 0 Å². The summed E-state index contributed by atoms with van der Waals surface area (Å²) in [6.45, 7) is 1.28. The lowest BCUT2D eigenvalue weighted by molar-refractivity contribution is 0.149. The van der Waals surface area contributed by atoms with Crippen molar-refractivity contribution in [1.29, 1.82) is 0 Å². The molecule has 8 heteroatoms. The Kier molecular flexibility index (Phi) is 4.37. The van der Waals surface area contributed by atoms with Gasteiger partial charge in [0.2, 0.25) is 0 Å². The van der Waals surface area contributed by atoms with Gasteiger partial charge in [0.25, 0.3) is 0 Å². The van der Waals surface area contributed by atoms with Crippen LogP contribution in [0.2, 0.25) is 0 Å². The molecular weight excluding hydrogens is 316 g/mol. The number of fused-ring (bicyclic) bond motifs is 2. The van der Waals surface area contributed by atoms with Crippen LogP contribution in [0.15, 0.2) is 36.4 Å². The van der Waals surface area contributed by atoms with Crippen molar-refractivity contribution in [1.82, 2.24) is 0 Å². The second kappa shape index (κ2) is 6.64. The van der Waals surface area contributed by atoms with Crippen LogP contribution in [-0.2, 0) is 31.8 Å². The summed E-state index contributed by atoms with van der Waals surface area (Å²) in [6, 6.07) is 9.04. The first-order valence-electron chi connectivity index (χ1n) is 7.74. The molecule has 24 heavy (non-hydrogen) atoms. The Morgan fingerprint density at radius 1 is 0.792 bits per heavy atom. The van der Waals surface area contributed by atoms with Gasteiger partial charge in [0.05, 0.1) is 26.4 Å². The van der Waals surface area contributed by atoms with Gasteiger partial charge in [0.15, 0.2) is 0 Å². The zero-order valence-corrected chi connectivity index (χ0v) is 12.8. The van der Waals surface area contributed by atoms with Crippen molar-refractivity contribution < 1.29 is 27.4 Å². The van der Waals surface area contributed by atoms with E-state index in [0.717, 1.165) is 22.1 Å². The molecule has 122 valence electrons. The van der Waals surface area contributed by atoms with E-state index in [1.807, 2.05) is 0 Å². The Morgan fingerprint density at radius 3 is 1.71 bits per heavy atom. The van der Waals surface area contributed by atoms with Crippen LogP contribution in [0.5, 0.6) is 0 Å². The molecule has 0 spiro atoms. The van der Waals surface area contributed by atoms with E-state index in [9.17, 15) is 8.78 Å². The van der Waals surface area contributed by atoms with Crippen LogP contribution in [0.25, 0.3) is 0 Å². The lowest BCUT2D eigenvalue weighted by atomic mass is 9.78. The first kappa shape index (κ1) is 15.8. The maximum atomic E-state index is 13.2. The van der Waals surface area contributed by atoms with Gasteiger partial charge < -0.3 is 18.6 Å². The van der Waals surface area contributed by atoms with Crippen LogP contribution in [0.4, 0.5) is 8.78 Å². The van der Waals surface area contributed by atoms with E-state index in [-0.39, 0.29) is 11.6 Å². The third-order valence-electron chi connectivity index (χ3n) is 4.12. The van der Waals surface area contributed by atoms with Gasteiger partial charge in [-0.15, -0.1) is 0 Å². The standard InChI is InChI=1S/C16H14B2F2O4/c19-13-1-3-15-11(7-13)9-23-17(15)21-5-6-22-18-16-4-2-14(20)8-12(16)10-24-18/h1-4,7-8H,5-6,9-10H2. The third-order valence-corrected chi connectivity index (χ3v) is 4.12. The highest BCUT2D eigenvalue weighted by Crippen LogP contribution is 2.14. The van der Waals surface area contributed by atoms with Gasteiger partial charge >= 0.3 is 14.2 Å². The lowest BCUT2D eigenvalue weighted by Gasteiger charge is -2.11. The first-order chi connectivity index (χ1) is 11.7. The molecule has 0 N–H and O–H groups in total. The van der Waals surface area contributed by atoms with E-state index in [4.69, 9.17) is 18.6 Å². The molecule has 0 amide bonds. The average Bonchev–Trinajstić information content (AvgIpc) is 3.15. The van der Waals surface area contributed by atoms with Gasteiger partial charge in [0.1, 0.15) is 11.6 Å². The molecule has 2 aromatic rings. The maximum absolute atomic E-state index is 13.2. The molecule has 0 saturated carbocycles. The zero-order valence-electron chi connectivity index (χ0n) is 12.8. The minimum absolute atomic E-state index is 0.283. The van der Waals surface area contributed by atoms with E-state index in [1.165, 1.54) is 24.3 Å². The van der Waals surface area contributed by atoms with Crippen molar-refractivity contribution in [2.24, 2.45) is 0 Å². The summed E-state index contributed by atoms with van der Waals surface area (Å²) >= 11 is 0. The SMILES string of the molecule is Fc1ccc2c(c1)COB2OCCOB1OCc2cc(F)ccc21. The van der Waals surface area contributed by atoms with Gasteiger partial charge in [-0.1, -0.05) is 12.1 Å². The topological polar surface area (TPSA) is 36.9 Å². The van der Waals surface area contributed by atoms with Gasteiger partial charge in [-0.05, 0) is 46.3 Å². The van der Waals surface area contributed by atoms with Crippen LogP contribution in [0.1, 0.15) is 11.1 Å². The number of benzene rings is 2. The molecule has 2 aromatic carbocycles. The molecule has 0 saturated heterocycles. The summed E-state index contributed by atoms with van der Waals surface area (Å²) < 4.78 is 48.6. The van der Waals surface area contributed by atoms with E-state index in [0.29, 0.717) is 26.4 Å². The zero-order chi connectivity index (χ0) is 16.5. The highest BCUT2D eigenvalue weighted by molar-refractivity contribution is 6.63. The Morgan fingerprint density at radius 2 is 1.25 bits per heavy atom. The summed E-state index contributed by atoms with van der Waals surface area (Å²) in [5.41, 5.74) is 3.29. The number of hydrogen-bond donors (Lipinski definition) is 0. The van der Waals surface area contributed by atoms with Crippen molar-refractivity contribution in [3.05, 3.63) is 59.2 Å². The number of rotatable bonds is 5. The van der Waals surface area contributed by atoms with Gasteiger partial charge in [0, 0.05) is 0 Å². The van der Waals surface area contributed by atoms with Crippen molar-refractivity contribution >= 4 is 25.2 Å². The number of halogens is 2. The summed E-state index contributed by atoms with van der Waals surface area (Å²) in [5, 5.41) is 0. The quantitative estimate of drug-likeness (QED) is 0.609. The number of hydrogen-bond acceptors (Lipinski definition) is 4. The van der Waals surface area contributed by atoms with Crippen LogP contribution in [0.3, 0.4) is 0 Å². The van der Waals surface area contributed by atoms with Gasteiger partial charge in [-0.2, -0.15) is 0 Å². The smallest absolute Gasteiger partial charge is 0.405 e. The Bertz CT molecular complexity index is 695. The van der Waals surface area contributed by atoms with Crippen LogP contribution in [-0.4, -0.2) is 27.5 Å². The van der Waals surface area contributed by atoms with Crippen LogP contribution >= 0.6 is 0 Å².